The van der Waals surface area contributed by atoms with E-state index in [1.165, 1.54) is 6.07 Å². The van der Waals surface area contributed by atoms with Gasteiger partial charge in [0.25, 0.3) is 0 Å². The second-order valence-corrected chi connectivity index (χ2v) is 5.72. The minimum Gasteiger partial charge on any atom is -0.504 e. The molecule has 0 spiro atoms. The number of phenolic OH excluding ortho intramolecular Hbond substituents is 2. The van der Waals surface area contributed by atoms with Gasteiger partial charge in [0.15, 0.2) is 11.5 Å². The highest BCUT2D eigenvalue weighted by molar-refractivity contribution is 5.85. The topological polar surface area (TPSA) is 94.2 Å². The number of nitrogens with two attached hydrogens (primary N) is 1. The summed E-state index contributed by atoms with van der Waals surface area (Å²) < 4.78 is 17.0. The van der Waals surface area contributed by atoms with E-state index in [9.17, 15) is 10.2 Å². The highest BCUT2D eigenvalue weighted by atomic mass is 35.5. The van der Waals surface area contributed by atoms with Gasteiger partial charge >= 0.3 is 0 Å². The fourth-order valence-corrected chi connectivity index (χ4v) is 2.97. The fraction of sp³-hybridized carbons (Fsp3) is 0.333. The summed E-state index contributed by atoms with van der Waals surface area (Å²) in [5.74, 6) is 1.08. The molecule has 1 aliphatic heterocycles. The molecule has 0 aliphatic carbocycles. The lowest BCUT2D eigenvalue weighted by atomic mass is 9.86. The van der Waals surface area contributed by atoms with Gasteiger partial charge in [-0.1, -0.05) is 12.1 Å². The Morgan fingerprint density at radius 1 is 1.20 bits per heavy atom. The van der Waals surface area contributed by atoms with Crippen LogP contribution in [0.1, 0.15) is 11.1 Å². The van der Waals surface area contributed by atoms with Crippen molar-refractivity contribution in [2.24, 2.45) is 5.73 Å². The Kier molecular flexibility index (Phi) is 6.00. The van der Waals surface area contributed by atoms with Gasteiger partial charge in [-0.25, -0.2) is 0 Å². The first-order chi connectivity index (χ1) is 11.6. The van der Waals surface area contributed by atoms with Gasteiger partial charge in [-0.3, -0.25) is 0 Å². The van der Waals surface area contributed by atoms with E-state index < -0.39 is 5.60 Å². The van der Waals surface area contributed by atoms with Crippen LogP contribution in [0.3, 0.4) is 0 Å². The van der Waals surface area contributed by atoms with E-state index in [2.05, 4.69) is 0 Å². The summed E-state index contributed by atoms with van der Waals surface area (Å²) in [6, 6.07) is 10.4. The number of benzene rings is 2. The van der Waals surface area contributed by atoms with Crippen LogP contribution in [0, 0.1) is 0 Å². The molecule has 6 nitrogen and oxygen atoms in total. The SMILES string of the molecule is COc1cccc(OCC2(CN)OCCc3c2ccc(O)c3O)c1.Cl. The summed E-state index contributed by atoms with van der Waals surface area (Å²) in [4.78, 5) is 0. The molecule has 0 saturated carbocycles. The molecule has 1 heterocycles. The van der Waals surface area contributed by atoms with Gasteiger partial charge in [-0.2, -0.15) is 0 Å². The van der Waals surface area contributed by atoms with E-state index in [1.807, 2.05) is 18.2 Å². The molecule has 0 aromatic heterocycles. The van der Waals surface area contributed by atoms with Gasteiger partial charge in [-0.15, -0.1) is 12.4 Å². The maximum Gasteiger partial charge on any atom is 0.161 e. The number of rotatable bonds is 5. The van der Waals surface area contributed by atoms with E-state index in [0.717, 1.165) is 5.56 Å². The molecule has 7 heteroatoms. The number of methoxy groups -OCH3 is 1. The molecule has 0 fully saturated rings. The Labute approximate surface area is 152 Å². The van der Waals surface area contributed by atoms with E-state index >= 15 is 0 Å². The van der Waals surface area contributed by atoms with Crippen LogP contribution in [0.5, 0.6) is 23.0 Å². The predicted octanol–water partition coefficient (Wildman–Crippen LogP) is 2.33. The second-order valence-electron chi connectivity index (χ2n) is 5.72. The first kappa shape index (κ1) is 19.2. The maximum atomic E-state index is 10.1. The van der Waals surface area contributed by atoms with Crippen molar-refractivity contribution in [2.75, 3.05) is 26.9 Å². The monoisotopic (exact) mass is 367 g/mol. The van der Waals surface area contributed by atoms with Crippen LogP contribution >= 0.6 is 12.4 Å². The number of halogens is 1. The average molecular weight is 368 g/mol. The summed E-state index contributed by atoms with van der Waals surface area (Å²) >= 11 is 0. The molecule has 0 amide bonds. The lowest BCUT2D eigenvalue weighted by Crippen LogP contribution is -2.46. The lowest BCUT2D eigenvalue weighted by Gasteiger charge is -2.38. The third-order valence-corrected chi connectivity index (χ3v) is 4.33. The predicted molar refractivity (Wildman–Crippen MR) is 95.9 cm³/mol. The van der Waals surface area contributed by atoms with Gasteiger partial charge in [0.2, 0.25) is 0 Å². The summed E-state index contributed by atoms with van der Waals surface area (Å²) in [6.07, 6.45) is 0.510. The molecular weight excluding hydrogens is 346 g/mol. The number of aromatic hydroxyl groups is 2. The zero-order chi connectivity index (χ0) is 17.2. The Morgan fingerprint density at radius 3 is 2.68 bits per heavy atom. The summed E-state index contributed by atoms with van der Waals surface area (Å²) in [5, 5.41) is 19.8. The molecule has 25 heavy (non-hydrogen) atoms. The Bertz CT molecular complexity index is 739. The molecule has 2 aromatic rings. The van der Waals surface area contributed by atoms with E-state index in [1.54, 1.807) is 19.2 Å². The van der Waals surface area contributed by atoms with Gasteiger partial charge < -0.3 is 30.2 Å². The fourth-order valence-electron chi connectivity index (χ4n) is 2.97. The van der Waals surface area contributed by atoms with Crippen molar-refractivity contribution >= 4 is 12.4 Å². The Morgan fingerprint density at radius 2 is 1.96 bits per heavy atom. The van der Waals surface area contributed by atoms with Crippen LogP contribution in [0.4, 0.5) is 0 Å². The highest BCUT2D eigenvalue weighted by Gasteiger charge is 2.39. The van der Waals surface area contributed by atoms with Crippen molar-refractivity contribution < 1.29 is 24.4 Å². The van der Waals surface area contributed by atoms with Crippen molar-refractivity contribution in [3.05, 3.63) is 47.5 Å². The van der Waals surface area contributed by atoms with E-state index in [-0.39, 0.29) is 37.1 Å². The zero-order valence-electron chi connectivity index (χ0n) is 13.9. The van der Waals surface area contributed by atoms with Crippen molar-refractivity contribution in [3.63, 3.8) is 0 Å². The van der Waals surface area contributed by atoms with Crippen molar-refractivity contribution in [2.45, 2.75) is 12.0 Å². The third kappa shape index (κ3) is 3.61. The first-order valence-corrected chi connectivity index (χ1v) is 7.75. The molecule has 0 radical (unpaired) electrons. The summed E-state index contributed by atoms with van der Waals surface area (Å²) in [7, 11) is 1.59. The third-order valence-electron chi connectivity index (χ3n) is 4.33. The number of hydrogen-bond donors (Lipinski definition) is 3. The Balaban J connectivity index is 0.00000225. The largest absolute Gasteiger partial charge is 0.504 e. The van der Waals surface area contributed by atoms with Gasteiger partial charge in [0.05, 0.1) is 13.7 Å². The standard InChI is InChI=1S/C18H21NO5.ClH/c1-22-12-3-2-4-13(9-12)23-11-18(10-19)15-5-6-16(20)17(21)14(15)7-8-24-18;/h2-6,9,20-21H,7-8,10-11,19H2,1H3;1H. The molecular formula is C18H22ClNO5. The van der Waals surface area contributed by atoms with E-state index in [4.69, 9.17) is 19.9 Å². The maximum absolute atomic E-state index is 10.1. The van der Waals surface area contributed by atoms with Gasteiger partial charge in [0, 0.05) is 18.2 Å². The molecule has 136 valence electrons. The normalized spacial score (nSPS) is 18.8. The molecule has 3 rings (SSSR count). The summed E-state index contributed by atoms with van der Waals surface area (Å²) in [6.45, 7) is 0.769. The molecule has 1 atom stereocenters. The smallest absolute Gasteiger partial charge is 0.161 e. The first-order valence-electron chi connectivity index (χ1n) is 7.75. The van der Waals surface area contributed by atoms with Gasteiger partial charge in [-0.05, 0) is 30.2 Å². The lowest BCUT2D eigenvalue weighted by molar-refractivity contribution is -0.0810. The molecule has 1 aliphatic rings. The molecule has 1 unspecified atom stereocenters. The molecule has 0 saturated heterocycles. The van der Waals surface area contributed by atoms with Crippen LogP contribution in [-0.4, -0.2) is 37.1 Å². The van der Waals surface area contributed by atoms with Crippen LogP contribution in [-0.2, 0) is 16.8 Å². The van der Waals surface area contributed by atoms with Crippen LogP contribution < -0.4 is 15.2 Å². The zero-order valence-corrected chi connectivity index (χ0v) is 14.7. The van der Waals surface area contributed by atoms with Crippen molar-refractivity contribution in [1.82, 2.24) is 0 Å². The van der Waals surface area contributed by atoms with Crippen LogP contribution in [0.25, 0.3) is 0 Å². The Hall–Kier alpha value is -2.15. The van der Waals surface area contributed by atoms with Gasteiger partial charge in [0.1, 0.15) is 23.7 Å². The number of ether oxygens (including phenoxy) is 3. The molecule has 4 N–H and O–H groups in total. The average Bonchev–Trinajstić information content (AvgIpc) is 2.63. The van der Waals surface area contributed by atoms with Crippen molar-refractivity contribution in [1.29, 1.82) is 0 Å². The minimum absolute atomic E-state index is 0. The quantitative estimate of drug-likeness (QED) is 0.702. The summed E-state index contributed by atoms with van der Waals surface area (Å²) in [5.41, 5.74) is 6.51. The van der Waals surface area contributed by atoms with Crippen LogP contribution in [0.15, 0.2) is 36.4 Å². The number of phenols is 2. The van der Waals surface area contributed by atoms with Crippen LogP contribution in [0.2, 0.25) is 0 Å². The number of fused-ring (bicyclic) bond motifs is 1. The van der Waals surface area contributed by atoms with Crippen molar-refractivity contribution in [3.8, 4) is 23.0 Å². The minimum atomic E-state index is -0.873. The second kappa shape index (κ2) is 7.82. The molecule has 2 aromatic carbocycles. The molecule has 0 bridgehead atoms. The van der Waals surface area contributed by atoms with E-state index in [0.29, 0.717) is 30.1 Å². The number of hydrogen-bond acceptors (Lipinski definition) is 6. The highest BCUT2D eigenvalue weighted by Crippen LogP contribution is 2.41.